The van der Waals surface area contributed by atoms with Crippen molar-refractivity contribution in [1.29, 1.82) is 0 Å². The standard InChI is InChI=1S/C14H17FN4/c1-14(2,3)19-13-8-12(16-9-17-13)18-11-6-4-5-10(15)7-11/h4-9H,1-3H3,(H2,16,17,18,19). The fraction of sp³-hybridized carbons (Fsp3) is 0.286. The molecule has 0 aliphatic rings. The Labute approximate surface area is 112 Å². The second-order valence-electron chi connectivity index (χ2n) is 5.30. The smallest absolute Gasteiger partial charge is 0.135 e. The Morgan fingerprint density at radius 3 is 2.47 bits per heavy atom. The minimum absolute atomic E-state index is 0.0789. The lowest BCUT2D eigenvalue weighted by molar-refractivity contribution is 0.628. The molecule has 0 fully saturated rings. The van der Waals surface area contributed by atoms with Gasteiger partial charge >= 0.3 is 0 Å². The average molecular weight is 260 g/mol. The molecule has 2 aromatic rings. The number of hydrogen-bond acceptors (Lipinski definition) is 4. The third-order valence-corrected chi connectivity index (χ3v) is 2.27. The van der Waals surface area contributed by atoms with E-state index in [1.54, 1.807) is 18.2 Å². The first-order chi connectivity index (χ1) is 8.92. The van der Waals surface area contributed by atoms with Crippen molar-refractivity contribution in [3.05, 3.63) is 42.5 Å². The molecule has 19 heavy (non-hydrogen) atoms. The van der Waals surface area contributed by atoms with E-state index in [1.807, 2.05) is 0 Å². The molecule has 1 aromatic carbocycles. The van der Waals surface area contributed by atoms with E-state index in [-0.39, 0.29) is 11.4 Å². The molecule has 1 aromatic heterocycles. The summed E-state index contributed by atoms with van der Waals surface area (Å²) in [5.41, 5.74) is 0.574. The quantitative estimate of drug-likeness (QED) is 0.885. The summed E-state index contributed by atoms with van der Waals surface area (Å²) in [6.45, 7) is 6.15. The van der Waals surface area contributed by atoms with Gasteiger partial charge in [-0.15, -0.1) is 0 Å². The molecule has 4 nitrogen and oxygen atoms in total. The van der Waals surface area contributed by atoms with E-state index in [0.717, 1.165) is 5.82 Å². The van der Waals surface area contributed by atoms with Crippen molar-refractivity contribution in [2.75, 3.05) is 10.6 Å². The predicted molar refractivity (Wildman–Crippen MR) is 75.1 cm³/mol. The van der Waals surface area contributed by atoms with E-state index >= 15 is 0 Å². The van der Waals surface area contributed by atoms with Gasteiger partial charge in [-0.25, -0.2) is 14.4 Å². The SMILES string of the molecule is CC(C)(C)Nc1cc(Nc2cccc(F)c2)ncn1. The van der Waals surface area contributed by atoms with Gasteiger partial charge in [0.25, 0.3) is 0 Å². The highest BCUT2D eigenvalue weighted by atomic mass is 19.1. The molecule has 0 radical (unpaired) electrons. The van der Waals surface area contributed by atoms with E-state index in [1.165, 1.54) is 18.5 Å². The van der Waals surface area contributed by atoms with Gasteiger partial charge in [0, 0.05) is 17.3 Å². The fourth-order valence-corrected chi connectivity index (χ4v) is 1.59. The van der Waals surface area contributed by atoms with Gasteiger partial charge in [0.1, 0.15) is 23.8 Å². The minimum Gasteiger partial charge on any atom is -0.365 e. The Hall–Kier alpha value is -2.17. The van der Waals surface area contributed by atoms with Crippen LogP contribution in [-0.4, -0.2) is 15.5 Å². The Kier molecular flexibility index (Phi) is 3.64. The average Bonchev–Trinajstić information content (AvgIpc) is 2.27. The Balaban J connectivity index is 2.15. The molecular formula is C14H17FN4. The van der Waals surface area contributed by atoms with Crippen molar-refractivity contribution >= 4 is 17.3 Å². The third kappa shape index (κ3) is 4.21. The molecule has 0 saturated heterocycles. The van der Waals surface area contributed by atoms with Crippen LogP contribution in [0.25, 0.3) is 0 Å². The van der Waals surface area contributed by atoms with E-state index in [9.17, 15) is 4.39 Å². The van der Waals surface area contributed by atoms with Crippen LogP contribution in [0.3, 0.4) is 0 Å². The maximum absolute atomic E-state index is 13.1. The Morgan fingerprint density at radius 1 is 1.05 bits per heavy atom. The molecule has 1 heterocycles. The highest BCUT2D eigenvalue weighted by Gasteiger charge is 2.10. The lowest BCUT2D eigenvalue weighted by Crippen LogP contribution is -2.26. The summed E-state index contributed by atoms with van der Waals surface area (Å²) in [7, 11) is 0. The van der Waals surface area contributed by atoms with Crippen LogP contribution in [-0.2, 0) is 0 Å². The highest BCUT2D eigenvalue weighted by Crippen LogP contribution is 2.18. The number of hydrogen-bond donors (Lipinski definition) is 2. The van der Waals surface area contributed by atoms with Gasteiger partial charge in [-0.2, -0.15) is 0 Å². The Bertz CT molecular complexity index is 563. The molecule has 5 heteroatoms. The largest absolute Gasteiger partial charge is 0.365 e. The minimum atomic E-state index is -0.285. The first-order valence-corrected chi connectivity index (χ1v) is 6.05. The molecule has 0 bridgehead atoms. The molecule has 2 rings (SSSR count). The summed E-state index contributed by atoms with van der Waals surface area (Å²) >= 11 is 0. The number of nitrogens with zero attached hydrogens (tertiary/aromatic N) is 2. The lowest BCUT2D eigenvalue weighted by atomic mass is 10.1. The second-order valence-corrected chi connectivity index (χ2v) is 5.30. The van der Waals surface area contributed by atoms with Crippen LogP contribution in [0.1, 0.15) is 20.8 Å². The van der Waals surface area contributed by atoms with Gasteiger partial charge < -0.3 is 10.6 Å². The highest BCUT2D eigenvalue weighted by molar-refractivity contribution is 5.58. The molecule has 100 valence electrons. The maximum atomic E-state index is 13.1. The summed E-state index contributed by atoms with van der Waals surface area (Å²) in [6.07, 6.45) is 1.47. The molecule has 0 aliphatic carbocycles. The van der Waals surface area contributed by atoms with Crippen molar-refractivity contribution in [2.24, 2.45) is 0 Å². The number of halogens is 1. The van der Waals surface area contributed by atoms with Crippen LogP contribution >= 0.6 is 0 Å². The van der Waals surface area contributed by atoms with E-state index < -0.39 is 0 Å². The maximum Gasteiger partial charge on any atom is 0.135 e. The van der Waals surface area contributed by atoms with E-state index in [0.29, 0.717) is 11.5 Å². The van der Waals surface area contributed by atoms with E-state index in [2.05, 4.69) is 41.4 Å². The number of aromatic nitrogens is 2. The van der Waals surface area contributed by atoms with Gasteiger partial charge in [-0.3, -0.25) is 0 Å². The van der Waals surface area contributed by atoms with Crippen molar-refractivity contribution in [3.63, 3.8) is 0 Å². The number of anilines is 3. The van der Waals surface area contributed by atoms with Crippen molar-refractivity contribution in [1.82, 2.24) is 9.97 Å². The fourth-order valence-electron chi connectivity index (χ4n) is 1.59. The van der Waals surface area contributed by atoms with E-state index in [4.69, 9.17) is 0 Å². The van der Waals surface area contributed by atoms with Gasteiger partial charge in [0.15, 0.2) is 0 Å². The molecule has 0 spiro atoms. The first-order valence-electron chi connectivity index (χ1n) is 6.05. The molecule has 0 amide bonds. The topological polar surface area (TPSA) is 49.8 Å². The van der Waals surface area contributed by atoms with Crippen LogP contribution in [0, 0.1) is 5.82 Å². The van der Waals surface area contributed by atoms with Gasteiger partial charge in [-0.05, 0) is 39.0 Å². The number of rotatable bonds is 3. The molecular weight excluding hydrogens is 243 g/mol. The lowest BCUT2D eigenvalue weighted by Gasteiger charge is -2.21. The van der Waals surface area contributed by atoms with Crippen LogP contribution in [0.5, 0.6) is 0 Å². The van der Waals surface area contributed by atoms with Crippen molar-refractivity contribution < 1.29 is 4.39 Å². The zero-order chi connectivity index (χ0) is 13.9. The monoisotopic (exact) mass is 260 g/mol. The van der Waals surface area contributed by atoms with Crippen LogP contribution in [0.15, 0.2) is 36.7 Å². The van der Waals surface area contributed by atoms with Gasteiger partial charge in [0.05, 0.1) is 0 Å². The Morgan fingerprint density at radius 2 is 1.79 bits per heavy atom. The zero-order valence-corrected chi connectivity index (χ0v) is 11.2. The summed E-state index contributed by atoms with van der Waals surface area (Å²) in [5, 5.41) is 6.29. The molecule has 0 aliphatic heterocycles. The third-order valence-electron chi connectivity index (χ3n) is 2.27. The molecule has 2 N–H and O–H groups in total. The van der Waals surface area contributed by atoms with Crippen LogP contribution < -0.4 is 10.6 Å². The summed E-state index contributed by atoms with van der Waals surface area (Å²) < 4.78 is 13.1. The molecule has 0 unspecified atom stereocenters. The number of benzene rings is 1. The summed E-state index contributed by atoms with van der Waals surface area (Å²) in [6, 6.07) is 8.03. The van der Waals surface area contributed by atoms with Crippen LogP contribution in [0.2, 0.25) is 0 Å². The summed E-state index contributed by atoms with van der Waals surface area (Å²) in [4.78, 5) is 8.26. The van der Waals surface area contributed by atoms with Gasteiger partial charge in [-0.1, -0.05) is 6.07 Å². The molecule has 0 atom stereocenters. The van der Waals surface area contributed by atoms with Crippen molar-refractivity contribution in [2.45, 2.75) is 26.3 Å². The summed E-state index contributed by atoms with van der Waals surface area (Å²) in [5.74, 6) is 1.06. The zero-order valence-electron chi connectivity index (χ0n) is 11.2. The first kappa shape index (κ1) is 13.3. The predicted octanol–water partition coefficient (Wildman–Crippen LogP) is 3.57. The normalized spacial score (nSPS) is 11.2. The second kappa shape index (κ2) is 5.22. The van der Waals surface area contributed by atoms with Crippen LogP contribution in [0.4, 0.5) is 21.7 Å². The number of nitrogens with one attached hydrogen (secondary N) is 2. The molecule has 0 saturated carbocycles. The van der Waals surface area contributed by atoms with Crippen molar-refractivity contribution in [3.8, 4) is 0 Å². The van der Waals surface area contributed by atoms with Gasteiger partial charge in [0.2, 0.25) is 0 Å².